The molecule has 2 saturated carbocycles. The molecule has 2 aliphatic carbocycles. The largest absolute Gasteiger partial charge is 0.396 e. The molecule has 0 saturated heterocycles. The second kappa shape index (κ2) is 6.36. The smallest absolute Gasteiger partial charge is 0.0661 e. The molecule has 3 nitrogen and oxygen atoms in total. The third kappa shape index (κ3) is 2.59. The van der Waals surface area contributed by atoms with Gasteiger partial charge in [-0.2, -0.15) is 0 Å². The number of hydrogen-bond donors (Lipinski definition) is 2. The summed E-state index contributed by atoms with van der Waals surface area (Å²) in [6.07, 6.45) is 8.99. The van der Waals surface area contributed by atoms with Gasteiger partial charge < -0.3 is 15.2 Å². The average molecular weight is 255 g/mol. The SMILES string of the molecule is CCOC1CC(NC(CC)CCO)C12CCCC2. The van der Waals surface area contributed by atoms with Crippen molar-refractivity contribution in [2.24, 2.45) is 5.41 Å². The first-order valence-corrected chi connectivity index (χ1v) is 7.75. The highest BCUT2D eigenvalue weighted by molar-refractivity contribution is 5.10. The summed E-state index contributed by atoms with van der Waals surface area (Å²) in [7, 11) is 0. The standard InChI is InChI=1S/C15H29NO2/c1-3-12(7-10-17)16-13-11-14(18-4-2)15(13)8-5-6-9-15/h12-14,16-17H,3-11H2,1-2H3. The summed E-state index contributed by atoms with van der Waals surface area (Å²) in [5.74, 6) is 0. The fourth-order valence-electron chi connectivity index (χ4n) is 3.97. The van der Waals surface area contributed by atoms with Crippen molar-refractivity contribution in [2.45, 2.75) is 77.0 Å². The third-order valence-corrected chi connectivity index (χ3v) is 5.09. The highest BCUT2D eigenvalue weighted by Gasteiger charge is 2.56. The third-order valence-electron chi connectivity index (χ3n) is 5.09. The molecule has 0 aromatic carbocycles. The van der Waals surface area contributed by atoms with Gasteiger partial charge in [-0.15, -0.1) is 0 Å². The van der Waals surface area contributed by atoms with Gasteiger partial charge in [-0.25, -0.2) is 0 Å². The highest BCUT2D eigenvalue weighted by Crippen LogP contribution is 2.54. The summed E-state index contributed by atoms with van der Waals surface area (Å²) in [6.45, 7) is 5.43. The van der Waals surface area contributed by atoms with Gasteiger partial charge in [-0.3, -0.25) is 0 Å². The molecule has 106 valence electrons. The molecule has 1 spiro atoms. The van der Waals surface area contributed by atoms with Gasteiger partial charge in [0.05, 0.1) is 6.10 Å². The first kappa shape index (κ1) is 14.3. The number of aliphatic hydroxyl groups excluding tert-OH is 1. The van der Waals surface area contributed by atoms with Crippen LogP contribution in [0.15, 0.2) is 0 Å². The van der Waals surface area contributed by atoms with E-state index in [9.17, 15) is 0 Å². The number of rotatable bonds is 7. The van der Waals surface area contributed by atoms with Crippen molar-refractivity contribution in [2.75, 3.05) is 13.2 Å². The van der Waals surface area contributed by atoms with Crippen molar-refractivity contribution in [1.82, 2.24) is 5.32 Å². The van der Waals surface area contributed by atoms with Gasteiger partial charge in [0.25, 0.3) is 0 Å². The molecule has 2 aliphatic rings. The van der Waals surface area contributed by atoms with Crippen LogP contribution in [0.3, 0.4) is 0 Å². The van der Waals surface area contributed by atoms with Crippen LogP contribution in [0.4, 0.5) is 0 Å². The van der Waals surface area contributed by atoms with E-state index in [4.69, 9.17) is 9.84 Å². The van der Waals surface area contributed by atoms with Gasteiger partial charge >= 0.3 is 0 Å². The molecule has 2 N–H and O–H groups in total. The minimum atomic E-state index is 0.292. The maximum atomic E-state index is 9.10. The van der Waals surface area contributed by atoms with E-state index in [1.54, 1.807) is 0 Å². The van der Waals surface area contributed by atoms with Crippen LogP contribution < -0.4 is 5.32 Å². The van der Waals surface area contributed by atoms with E-state index in [-0.39, 0.29) is 0 Å². The maximum Gasteiger partial charge on any atom is 0.0661 e. The van der Waals surface area contributed by atoms with Gasteiger partial charge in [-0.1, -0.05) is 19.8 Å². The maximum absolute atomic E-state index is 9.10. The van der Waals surface area contributed by atoms with Crippen LogP contribution >= 0.6 is 0 Å². The van der Waals surface area contributed by atoms with E-state index in [1.165, 1.54) is 25.7 Å². The summed E-state index contributed by atoms with van der Waals surface area (Å²) < 4.78 is 5.93. The van der Waals surface area contributed by atoms with Crippen molar-refractivity contribution in [3.8, 4) is 0 Å². The molecule has 0 amide bonds. The average Bonchev–Trinajstić information content (AvgIpc) is 2.88. The summed E-state index contributed by atoms with van der Waals surface area (Å²) in [5, 5.41) is 12.9. The van der Waals surface area contributed by atoms with Gasteiger partial charge in [0.15, 0.2) is 0 Å². The molecule has 0 bridgehead atoms. The van der Waals surface area contributed by atoms with Crippen molar-refractivity contribution in [3.63, 3.8) is 0 Å². The molecule has 18 heavy (non-hydrogen) atoms. The Morgan fingerprint density at radius 1 is 1.33 bits per heavy atom. The van der Waals surface area contributed by atoms with Crippen LogP contribution in [0.25, 0.3) is 0 Å². The Bertz CT molecular complexity index is 251. The molecular weight excluding hydrogens is 226 g/mol. The van der Waals surface area contributed by atoms with E-state index in [0.717, 1.165) is 25.9 Å². The predicted molar refractivity (Wildman–Crippen MR) is 73.6 cm³/mol. The zero-order valence-corrected chi connectivity index (χ0v) is 12.0. The lowest BCUT2D eigenvalue weighted by atomic mass is 9.60. The Labute approximate surface area is 111 Å². The lowest BCUT2D eigenvalue weighted by molar-refractivity contribution is -0.133. The Hall–Kier alpha value is -0.120. The fourth-order valence-corrected chi connectivity index (χ4v) is 3.97. The highest BCUT2D eigenvalue weighted by atomic mass is 16.5. The van der Waals surface area contributed by atoms with E-state index in [0.29, 0.717) is 30.2 Å². The number of nitrogens with one attached hydrogen (secondary N) is 1. The van der Waals surface area contributed by atoms with Crippen LogP contribution in [0, 0.1) is 5.41 Å². The number of hydrogen-bond acceptors (Lipinski definition) is 3. The molecule has 2 fully saturated rings. The lowest BCUT2D eigenvalue weighted by Gasteiger charge is -2.55. The molecule has 3 unspecified atom stereocenters. The Balaban J connectivity index is 1.93. The summed E-state index contributed by atoms with van der Waals surface area (Å²) in [6, 6.07) is 1.09. The fraction of sp³-hybridized carbons (Fsp3) is 1.00. The Morgan fingerprint density at radius 2 is 2.06 bits per heavy atom. The topological polar surface area (TPSA) is 41.5 Å². The van der Waals surface area contributed by atoms with Crippen LogP contribution in [0.2, 0.25) is 0 Å². The van der Waals surface area contributed by atoms with Crippen molar-refractivity contribution < 1.29 is 9.84 Å². The van der Waals surface area contributed by atoms with Crippen LogP contribution in [0.1, 0.15) is 58.8 Å². The molecule has 2 rings (SSSR count). The number of ether oxygens (including phenoxy) is 1. The molecule has 0 aromatic rings. The van der Waals surface area contributed by atoms with E-state index in [2.05, 4.69) is 19.2 Å². The minimum absolute atomic E-state index is 0.292. The summed E-state index contributed by atoms with van der Waals surface area (Å²) >= 11 is 0. The molecule has 3 atom stereocenters. The summed E-state index contributed by atoms with van der Waals surface area (Å²) in [4.78, 5) is 0. The second-order valence-corrected chi connectivity index (χ2v) is 5.96. The molecule has 0 aliphatic heterocycles. The van der Waals surface area contributed by atoms with E-state index in [1.807, 2.05) is 0 Å². The second-order valence-electron chi connectivity index (χ2n) is 5.96. The molecule has 0 radical (unpaired) electrons. The van der Waals surface area contributed by atoms with Gasteiger partial charge in [-0.05, 0) is 39.0 Å². The first-order chi connectivity index (χ1) is 8.76. The normalized spacial score (nSPS) is 31.5. The van der Waals surface area contributed by atoms with Crippen LogP contribution in [0.5, 0.6) is 0 Å². The monoisotopic (exact) mass is 255 g/mol. The summed E-state index contributed by atoms with van der Waals surface area (Å²) in [5.41, 5.74) is 0.416. The van der Waals surface area contributed by atoms with E-state index >= 15 is 0 Å². The molecular formula is C15H29NO2. The van der Waals surface area contributed by atoms with E-state index < -0.39 is 0 Å². The number of aliphatic hydroxyl groups is 1. The van der Waals surface area contributed by atoms with Crippen molar-refractivity contribution in [3.05, 3.63) is 0 Å². The minimum Gasteiger partial charge on any atom is -0.396 e. The zero-order valence-electron chi connectivity index (χ0n) is 12.0. The molecule has 0 heterocycles. The predicted octanol–water partition coefficient (Wildman–Crippen LogP) is 2.47. The quantitative estimate of drug-likeness (QED) is 0.734. The Kier molecular flexibility index (Phi) is 5.05. The molecule has 0 aromatic heterocycles. The lowest BCUT2D eigenvalue weighted by Crippen LogP contribution is -2.64. The van der Waals surface area contributed by atoms with Crippen molar-refractivity contribution in [1.29, 1.82) is 0 Å². The zero-order chi connectivity index (χ0) is 13.0. The van der Waals surface area contributed by atoms with Gasteiger partial charge in [0.1, 0.15) is 0 Å². The molecule has 3 heteroatoms. The van der Waals surface area contributed by atoms with Crippen LogP contribution in [-0.2, 0) is 4.74 Å². The van der Waals surface area contributed by atoms with Crippen LogP contribution in [-0.4, -0.2) is 36.5 Å². The van der Waals surface area contributed by atoms with Gasteiger partial charge in [0, 0.05) is 30.7 Å². The first-order valence-electron chi connectivity index (χ1n) is 7.75. The van der Waals surface area contributed by atoms with Crippen molar-refractivity contribution >= 4 is 0 Å². The Morgan fingerprint density at radius 3 is 2.61 bits per heavy atom. The van der Waals surface area contributed by atoms with Gasteiger partial charge in [0.2, 0.25) is 0 Å².